The molecule has 4 aromatic carbocycles. The normalized spacial score (nSPS) is 10.8. The monoisotopic (exact) mass is 640 g/mol. The number of para-hydroxylation sites is 2. The van der Waals surface area contributed by atoms with Crippen molar-refractivity contribution in [1.29, 1.82) is 0 Å². The Morgan fingerprint density at radius 2 is 1.00 bits per heavy atom. The maximum Gasteiger partial charge on any atom is 0.488 e. The number of furan rings is 2. The molecule has 0 unspecified atom stereocenters. The summed E-state index contributed by atoms with van der Waals surface area (Å²) in [6.07, 6.45) is 0. The molecule has 44 heavy (non-hydrogen) atoms. The number of nitrogens with zero attached hydrogens (tertiary/aromatic N) is 4. The molecule has 2 N–H and O–H groups in total. The predicted octanol–water partition coefficient (Wildman–Crippen LogP) is 7.75. The summed E-state index contributed by atoms with van der Waals surface area (Å²) in [5.74, 6) is 0. The van der Waals surface area contributed by atoms with E-state index in [0.29, 0.717) is 22.1 Å². The second kappa shape index (κ2) is 13.0. The van der Waals surface area contributed by atoms with Gasteiger partial charge in [0.05, 0.1) is 0 Å². The summed E-state index contributed by atoms with van der Waals surface area (Å²) in [5.41, 5.74) is 6.26. The molecule has 0 aliphatic carbocycles. The van der Waals surface area contributed by atoms with Crippen LogP contribution in [0.1, 0.15) is 0 Å². The van der Waals surface area contributed by atoms with Crippen molar-refractivity contribution in [3.63, 3.8) is 0 Å². The van der Waals surface area contributed by atoms with Crippen molar-refractivity contribution in [1.82, 2.24) is 19.9 Å². The fraction of sp³-hybridized carbons (Fsp3) is 0. The van der Waals surface area contributed by atoms with Gasteiger partial charge >= 0.3 is 7.12 Å². The van der Waals surface area contributed by atoms with Gasteiger partial charge in [-0.05, 0) is 52.9 Å². The molecule has 4 aromatic heterocycles. The van der Waals surface area contributed by atoms with E-state index < -0.39 is 7.12 Å². The van der Waals surface area contributed by atoms with Crippen molar-refractivity contribution in [3.05, 3.63) is 125 Å². The fourth-order valence-electron chi connectivity index (χ4n) is 4.51. The van der Waals surface area contributed by atoms with E-state index in [1.165, 1.54) is 0 Å². The van der Waals surface area contributed by atoms with Crippen molar-refractivity contribution >= 4 is 91.5 Å². The lowest BCUT2D eigenvalue weighted by molar-refractivity contribution is 0.426. The maximum atomic E-state index is 8.58. The van der Waals surface area contributed by atoms with Gasteiger partial charge in [0.25, 0.3) is 0 Å². The van der Waals surface area contributed by atoms with Gasteiger partial charge in [0.2, 0.25) is 10.6 Å². The van der Waals surface area contributed by atoms with Crippen molar-refractivity contribution < 1.29 is 18.9 Å². The van der Waals surface area contributed by atoms with Crippen molar-refractivity contribution in [3.8, 4) is 11.3 Å². The molecule has 8 rings (SSSR count). The summed E-state index contributed by atoms with van der Waals surface area (Å²) in [6.45, 7) is 0. The third kappa shape index (κ3) is 6.24. The van der Waals surface area contributed by atoms with E-state index in [1.807, 2.05) is 84.9 Å². The molecule has 0 saturated carbocycles. The first-order valence-corrected chi connectivity index (χ1v) is 14.3. The molecular weight excluding hydrogens is 622 g/mol. The number of fused-ring (bicyclic) bond motifs is 6. The molecule has 0 aliphatic heterocycles. The molecule has 4 heterocycles. The smallest absolute Gasteiger partial charge is 0.452 e. The van der Waals surface area contributed by atoms with E-state index in [9.17, 15) is 0 Å². The van der Waals surface area contributed by atoms with Crippen LogP contribution in [0, 0.1) is 0 Å². The lowest BCUT2D eigenvalue weighted by atomic mass is 9.81. The minimum Gasteiger partial charge on any atom is -0.452 e. The Bertz CT molecular complexity index is 2210. The first-order valence-electron chi connectivity index (χ1n) is 13.2. The number of hydrogen-bond donors (Lipinski definition) is 2. The van der Waals surface area contributed by atoms with Gasteiger partial charge in [0.15, 0.2) is 16.3 Å². The Morgan fingerprint density at radius 1 is 0.523 bits per heavy atom. The van der Waals surface area contributed by atoms with Crippen LogP contribution in [0.4, 0.5) is 0 Å². The second-order valence-electron chi connectivity index (χ2n) is 9.33. The topological polar surface area (TPSA) is 118 Å². The van der Waals surface area contributed by atoms with Gasteiger partial charge in [0.1, 0.15) is 27.9 Å². The molecule has 0 fully saturated rings. The quantitative estimate of drug-likeness (QED) is 0.112. The Kier molecular flexibility index (Phi) is 8.74. The van der Waals surface area contributed by atoms with Crippen LogP contribution in [0.15, 0.2) is 118 Å². The van der Waals surface area contributed by atoms with E-state index >= 15 is 0 Å². The highest BCUT2D eigenvalue weighted by Crippen LogP contribution is 2.34. The molecule has 0 aliphatic rings. The molecule has 0 spiro atoms. The Hall–Kier alpha value is -4.51. The molecule has 0 bridgehead atoms. The van der Waals surface area contributed by atoms with Crippen LogP contribution in [0.3, 0.4) is 0 Å². The van der Waals surface area contributed by atoms with Crippen LogP contribution >= 0.6 is 34.8 Å². The molecule has 0 saturated heterocycles. The van der Waals surface area contributed by atoms with Gasteiger partial charge in [-0.25, -0.2) is 19.9 Å². The van der Waals surface area contributed by atoms with E-state index in [2.05, 4.69) is 19.9 Å². The summed E-state index contributed by atoms with van der Waals surface area (Å²) < 4.78 is 11.4. The van der Waals surface area contributed by atoms with Crippen molar-refractivity contribution in [2.45, 2.75) is 0 Å². The summed E-state index contributed by atoms with van der Waals surface area (Å²) in [4.78, 5) is 16.6. The van der Waals surface area contributed by atoms with Gasteiger partial charge < -0.3 is 18.9 Å². The van der Waals surface area contributed by atoms with Crippen LogP contribution in [0.5, 0.6) is 0 Å². The number of aromatic nitrogens is 4. The molecule has 0 amide bonds. The fourth-order valence-corrected chi connectivity index (χ4v) is 5.10. The standard InChI is InChI=1S/C16H9ClN2O.C10H4Cl2N2O.C6H7BO2/c17-16-18-13(10-6-2-1-3-7-10)15-14(19-16)11-8-4-5-9-12(11)20-15;11-9-8-7(13-10(12)14-9)5-3-1-2-4-6(5)15-8;8-7(9)6-4-2-1-3-5-6/h1-9H;1-4H;1-5,8-9H. The third-order valence-corrected chi connectivity index (χ3v) is 7.08. The summed E-state index contributed by atoms with van der Waals surface area (Å²) in [6, 6.07) is 33.8. The highest BCUT2D eigenvalue weighted by molar-refractivity contribution is 6.58. The Morgan fingerprint density at radius 3 is 1.57 bits per heavy atom. The minimum absolute atomic E-state index is 0.124. The van der Waals surface area contributed by atoms with E-state index in [-0.39, 0.29) is 15.7 Å². The maximum absolute atomic E-state index is 8.58. The van der Waals surface area contributed by atoms with Crippen LogP contribution in [-0.4, -0.2) is 37.1 Å². The van der Waals surface area contributed by atoms with Gasteiger partial charge in [-0.2, -0.15) is 0 Å². The summed E-state index contributed by atoms with van der Waals surface area (Å²) in [5, 5.41) is 19.6. The highest BCUT2D eigenvalue weighted by atomic mass is 35.5. The zero-order valence-corrected chi connectivity index (χ0v) is 24.9. The largest absolute Gasteiger partial charge is 0.488 e. The second-order valence-corrected chi connectivity index (χ2v) is 10.4. The van der Waals surface area contributed by atoms with E-state index in [0.717, 1.165) is 38.7 Å². The zero-order chi connectivity index (χ0) is 30.6. The molecule has 8 nitrogen and oxygen atoms in total. The lowest BCUT2D eigenvalue weighted by Gasteiger charge is -2.01. The zero-order valence-electron chi connectivity index (χ0n) is 22.6. The Labute approximate surface area is 265 Å². The van der Waals surface area contributed by atoms with Gasteiger partial charge in [-0.1, -0.05) is 96.5 Å². The number of hydrogen-bond acceptors (Lipinski definition) is 8. The first-order chi connectivity index (χ1) is 21.4. The first kappa shape index (κ1) is 29.6. The third-order valence-electron chi connectivity index (χ3n) is 6.49. The van der Waals surface area contributed by atoms with Crippen molar-refractivity contribution in [2.75, 3.05) is 0 Å². The highest BCUT2D eigenvalue weighted by Gasteiger charge is 2.16. The number of rotatable bonds is 2. The van der Waals surface area contributed by atoms with Crippen LogP contribution in [0.2, 0.25) is 15.7 Å². The van der Waals surface area contributed by atoms with Crippen LogP contribution in [-0.2, 0) is 0 Å². The summed E-state index contributed by atoms with van der Waals surface area (Å²) in [7, 11) is -1.34. The average molecular weight is 642 g/mol. The van der Waals surface area contributed by atoms with Gasteiger partial charge in [-0.3, -0.25) is 0 Å². The van der Waals surface area contributed by atoms with Crippen molar-refractivity contribution in [2.24, 2.45) is 0 Å². The predicted molar refractivity (Wildman–Crippen MR) is 175 cm³/mol. The number of halogens is 3. The van der Waals surface area contributed by atoms with Crippen LogP contribution < -0.4 is 5.46 Å². The Balaban J connectivity index is 0.000000126. The van der Waals surface area contributed by atoms with Gasteiger partial charge in [-0.15, -0.1) is 0 Å². The molecule has 8 aromatic rings. The molecule has 12 heteroatoms. The molecule has 0 atom stereocenters. The summed E-state index contributed by atoms with van der Waals surface area (Å²) >= 11 is 17.7. The molecular formula is C32H20BCl3N4O4. The SMILES string of the molecule is Clc1nc(-c2ccccc2)c2oc3ccccc3c2n1.Clc1nc(Cl)c2oc3ccccc3c2n1.OB(O)c1ccccc1. The molecule has 0 radical (unpaired) electrons. The average Bonchev–Trinajstić information content (AvgIpc) is 3.61. The number of benzene rings is 4. The van der Waals surface area contributed by atoms with E-state index in [4.69, 9.17) is 53.7 Å². The lowest BCUT2D eigenvalue weighted by Crippen LogP contribution is -2.29. The van der Waals surface area contributed by atoms with E-state index in [1.54, 1.807) is 24.3 Å². The molecule has 216 valence electrons. The van der Waals surface area contributed by atoms with Gasteiger partial charge in [0, 0.05) is 16.3 Å². The van der Waals surface area contributed by atoms with Crippen LogP contribution in [0.25, 0.3) is 55.4 Å². The minimum atomic E-state index is -1.34.